The third kappa shape index (κ3) is 5.46. The summed E-state index contributed by atoms with van der Waals surface area (Å²) < 4.78 is 5.66. The van der Waals surface area contributed by atoms with Crippen molar-refractivity contribution in [3.8, 4) is 0 Å². The number of aliphatic imine (C=N–C) groups is 1. The number of halogens is 1. The molecule has 0 radical (unpaired) electrons. The maximum Gasteiger partial charge on any atom is 0.216 e. The van der Waals surface area contributed by atoms with Gasteiger partial charge < -0.3 is 14.6 Å². The second-order valence-corrected chi connectivity index (χ2v) is 7.15. The first kappa shape index (κ1) is 21.7. The second-order valence-electron chi connectivity index (χ2n) is 7.15. The van der Waals surface area contributed by atoms with E-state index in [-0.39, 0.29) is 24.0 Å². The van der Waals surface area contributed by atoms with Crippen LogP contribution in [-0.2, 0) is 6.54 Å². The molecule has 1 aromatic heterocycles. The molecule has 1 aliphatic rings. The van der Waals surface area contributed by atoms with E-state index in [0.29, 0.717) is 24.3 Å². The Morgan fingerprint density at radius 1 is 1.30 bits per heavy atom. The van der Waals surface area contributed by atoms with Crippen molar-refractivity contribution in [1.29, 1.82) is 0 Å². The fourth-order valence-corrected chi connectivity index (χ4v) is 3.71. The number of benzene rings is 1. The lowest BCUT2D eigenvalue weighted by molar-refractivity contribution is 0.234. The molecule has 1 aliphatic heterocycles. The molecule has 6 heteroatoms. The van der Waals surface area contributed by atoms with Crippen molar-refractivity contribution in [3.63, 3.8) is 0 Å². The first-order chi connectivity index (χ1) is 12.6. The highest BCUT2D eigenvalue weighted by molar-refractivity contribution is 14.0. The van der Waals surface area contributed by atoms with Crippen LogP contribution in [-0.4, -0.2) is 35.5 Å². The number of oxazole rings is 1. The molecule has 0 spiro atoms. The topological polar surface area (TPSA) is 53.7 Å². The highest BCUT2D eigenvalue weighted by Crippen LogP contribution is 2.32. The van der Waals surface area contributed by atoms with Gasteiger partial charge in [-0.05, 0) is 44.6 Å². The van der Waals surface area contributed by atoms with Crippen molar-refractivity contribution in [2.75, 3.05) is 19.6 Å². The molecule has 1 fully saturated rings. The molecule has 0 aliphatic carbocycles. The molecule has 2 atom stereocenters. The van der Waals surface area contributed by atoms with Crippen LogP contribution < -0.4 is 5.32 Å². The smallest absolute Gasteiger partial charge is 0.216 e. The molecule has 1 aromatic carbocycles. The van der Waals surface area contributed by atoms with Gasteiger partial charge in [0.05, 0.1) is 5.69 Å². The lowest BCUT2D eigenvalue weighted by Crippen LogP contribution is -2.48. The predicted molar refractivity (Wildman–Crippen MR) is 121 cm³/mol. The highest BCUT2D eigenvalue weighted by atomic mass is 127. The van der Waals surface area contributed by atoms with Crippen LogP contribution in [0.4, 0.5) is 0 Å². The second kappa shape index (κ2) is 10.1. The number of hydrogen-bond donors (Lipinski definition) is 1. The van der Waals surface area contributed by atoms with Gasteiger partial charge in [0.15, 0.2) is 5.96 Å². The van der Waals surface area contributed by atoms with Gasteiger partial charge in [-0.1, -0.05) is 37.3 Å². The van der Waals surface area contributed by atoms with E-state index in [1.807, 2.05) is 13.8 Å². The molecule has 1 saturated heterocycles. The van der Waals surface area contributed by atoms with E-state index in [1.54, 1.807) is 0 Å². The van der Waals surface area contributed by atoms with E-state index in [1.165, 1.54) is 5.56 Å². The lowest BCUT2D eigenvalue weighted by atomic mass is 9.82. The van der Waals surface area contributed by atoms with Crippen LogP contribution in [0, 0.1) is 19.8 Å². The number of hydrogen-bond acceptors (Lipinski definition) is 3. The minimum Gasteiger partial charge on any atom is -0.444 e. The summed E-state index contributed by atoms with van der Waals surface area (Å²) in [6.45, 7) is 11.7. The van der Waals surface area contributed by atoms with Crippen LogP contribution in [0.5, 0.6) is 0 Å². The third-order valence-corrected chi connectivity index (χ3v) is 5.20. The maximum absolute atomic E-state index is 5.66. The molecule has 0 amide bonds. The zero-order chi connectivity index (χ0) is 18.5. The van der Waals surface area contributed by atoms with Gasteiger partial charge >= 0.3 is 0 Å². The highest BCUT2D eigenvalue weighted by Gasteiger charge is 2.28. The van der Waals surface area contributed by atoms with Crippen LogP contribution in [0.2, 0.25) is 0 Å². The van der Waals surface area contributed by atoms with E-state index >= 15 is 0 Å². The molecule has 3 rings (SSSR count). The number of nitrogens with one attached hydrogen (secondary N) is 1. The largest absolute Gasteiger partial charge is 0.444 e. The van der Waals surface area contributed by atoms with Gasteiger partial charge in [0.1, 0.15) is 12.3 Å². The quantitative estimate of drug-likeness (QED) is 0.396. The Kier molecular flexibility index (Phi) is 8.13. The van der Waals surface area contributed by atoms with Gasteiger partial charge in [-0.2, -0.15) is 0 Å². The van der Waals surface area contributed by atoms with Gasteiger partial charge in [0, 0.05) is 19.6 Å². The first-order valence-electron chi connectivity index (χ1n) is 9.59. The fourth-order valence-electron chi connectivity index (χ4n) is 3.71. The average Bonchev–Trinajstić information content (AvgIpc) is 2.97. The van der Waals surface area contributed by atoms with Crippen molar-refractivity contribution in [2.24, 2.45) is 10.9 Å². The zero-order valence-corrected chi connectivity index (χ0v) is 19.1. The van der Waals surface area contributed by atoms with Crippen molar-refractivity contribution in [3.05, 3.63) is 53.2 Å². The summed E-state index contributed by atoms with van der Waals surface area (Å²) in [6, 6.07) is 10.9. The van der Waals surface area contributed by atoms with Crippen LogP contribution in [0.3, 0.4) is 0 Å². The molecule has 2 aromatic rings. The molecule has 5 nitrogen and oxygen atoms in total. The van der Waals surface area contributed by atoms with Crippen molar-refractivity contribution in [1.82, 2.24) is 15.2 Å². The summed E-state index contributed by atoms with van der Waals surface area (Å²) in [5.41, 5.74) is 2.39. The fraction of sp³-hybridized carbons (Fsp3) is 0.524. The van der Waals surface area contributed by atoms with E-state index in [4.69, 9.17) is 9.41 Å². The SMILES string of the molecule is CCNC(=NCc1nc(C)c(C)o1)N1CCC(c2ccccc2)C(C)C1.I. The predicted octanol–water partition coefficient (Wildman–Crippen LogP) is 4.50. The summed E-state index contributed by atoms with van der Waals surface area (Å²) in [5, 5.41) is 3.43. The third-order valence-electron chi connectivity index (χ3n) is 5.20. The minimum atomic E-state index is 0. The molecule has 2 unspecified atom stereocenters. The molecular weight excluding hydrogens is 451 g/mol. The van der Waals surface area contributed by atoms with Crippen molar-refractivity contribution in [2.45, 2.75) is 46.6 Å². The summed E-state index contributed by atoms with van der Waals surface area (Å²) in [7, 11) is 0. The summed E-state index contributed by atoms with van der Waals surface area (Å²) >= 11 is 0. The van der Waals surface area contributed by atoms with Gasteiger partial charge in [-0.25, -0.2) is 9.98 Å². The molecule has 27 heavy (non-hydrogen) atoms. The molecule has 1 N–H and O–H groups in total. The Labute approximate surface area is 179 Å². The Morgan fingerprint density at radius 3 is 2.63 bits per heavy atom. The van der Waals surface area contributed by atoms with Gasteiger partial charge in [0.2, 0.25) is 5.89 Å². The van der Waals surface area contributed by atoms with E-state index in [0.717, 1.165) is 43.5 Å². The van der Waals surface area contributed by atoms with E-state index < -0.39 is 0 Å². The molecule has 2 heterocycles. The van der Waals surface area contributed by atoms with Crippen LogP contribution in [0.1, 0.15) is 49.1 Å². The normalized spacial score (nSPS) is 20.3. The molecule has 148 valence electrons. The summed E-state index contributed by atoms with van der Waals surface area (Å²) in [4.78, 5) is 11.6. The minimum absolute atomic E-state index is 0. The Balaban J connectivity index is 0.00000261. The Bertz CT molecular complexity index is 724. The van der Waals surface area contributed by atoms with Gasteiger partial charge in [-0.15, -0.1) is 24.0 Å². The van der Waals surface area contributed by atoms with Crippen LogP contribution in [0.25, 0.3) is 0 Å². The number of aryl methyl sites for hydroxylation is 2. The van der Waals surface area contributed by atoms with Crippen LogP contribution in [0.15, 0.2) is 39.7 Å². The summed E-state index contributed by atoms with van der Waals surface area (Å²) in [5.74, 6) is 3.72. The molecule has 0 bridgehead atoms. The summed E-state index contributed by atoms with van der Waals surface area (Å²) in [6.07, 6.45) is 1.15. The standard InChI is InChI=1S/C21H30N4O.HI/c1-5-22-21(23-13-20-24-16(3)17(4)26-20)25-12-11-19(15(2)14-25)18-9-7-6-8-10-18;/h6-10,15,19H,5,11-14H2,1-4H3,(H,22,23);1H. The van der Waals surface area contributed by atoms with Crippen LogP contribution >= 0.6 is 24.0 Å². The number of guanidine groups is 1. The number of aromatic nitrogens is 1. The Hall–Kier alpha value is -1.57. The zero-order valence-electron chi connectivity index (χ0n) is 16.7. The van der Waals surface area contributed by atoms with E-state index in [9.17, 15) is 0 Å². The average molecular weight is 482 g/mol. The van der Waals surface area contributed by atoms with Crippen molar-refractivity contribution >= 4 is 29.9 Å². The molecule has 0 saturated carbocycles. The number of piperidine rings is 1. The number of nitrogens with zero attached hydrogens (tertiary/aromatic N) is 3. The van der Waals surface area contributed by atoms with Gasteiger partial charge in [-0.3, -0.25) is 0 Å². The molecular formula is C21H31IN4O. The Morgan fingerprint density at radius 2 is 2.04 bits per heavy atom. The lowest BCUT2D eigenvalue weighted by Gasteiger charge is -2.39. The first-order valence-corrected chi connectivity index (χ1v) is 9.59. The van der Waals surface area contributed by atoms with Gasteiger partial charge in [0.25, 0.3) is 0 Å². The van der Waals surface area contributed by atoms with Crippen molar-refractivity contribution < 1.29 is 4.42 Å². The maximum atomic E-state index is 5.66. The number of likely N-dealkylation sites (tertiary alicyclic amines) is 1. The monoisotopic (exact) mass is 482 g/mol. The number of rotatable bonds is 4. The van der Waals surface area contributed by atoms with E-state index in [2.05, 4.69) is 59.4 Å².